The molecule has 2 saturated heterocycles. The highest BCUT2D eigenvalue weighted by Crippen LogP contribution is 2.32. The molecule has 2 aliphatic rings. The number of benzene rings is 4. The number of hydrogen-bond donors (Lipinski definition) is 0. The maximum atomic E-state index is 11.7. The number of rotatable bonds is 14. The van der Waals surface area contributed by atoms with Crippen LogP contribution in [-0.4, -0.2) is 67.4 Å². The van der Waals surface area contributed by atoms with Gasteiger partial charge < -0.3 is 28.2 Å². The second kappa shape index (κ2) is 17.0. The Balaban J connectivity index is 1.25. The van der Waals surface area contributed by atoms with Crippen LogP contribution in [0.5, 0.6) is 0 Å². The fourth-order valence-electron chi connectivity index (χ4n) is 5.90. The van der Waals surface area contributed by atoms with E-state index in [9.17, 15) is 13.0 Å². The minimum atomic E-state index is -5.00. The Morgan fingerprint density at radius 2 is 1.10 bits per heavy atom. The van der Waals surface area contributed by atoms with E-state index in [0.717, 1.165) is 22.3 Å². The number of hydrogen-bond acceptors (Lipinski definition) is 9. The Labute approximate surface area is 285 Å². The molecule has 2 fully saturated rings. The lowest BCUT2D eigenvalue weighted by molar-refractivity contribution is -0.245. The Morgan fingerprint density at radius 3 is 1.58 bits per heavy atom. The predicted octanol–water partition coefficient (Wildman–Crippen LogP) is 5.33. The predicted molar refractivity (Wildman–Crippen MR) is 182 cm³/mol. The largest absolute Gasteiger partial charge is 0.726 e. The first-order valence-electron chi connectivity index (χ1n) is 16.0. The van der Waals surface area contributed by atoms with Gasteiger partial charge in [-0.15, -0.1) is 0 Å². The third-order valence-electron chi connectivity index (χ3n) is 8.27. The van der Waals surface area contributed by atoms with E-state index >= 15 is 0 Å². The third kappa shape index (κ3) is 10.2. The monoisotopic (exact) mass is 692 g/mol. The van der Waals surface area contributed by atoms with Crippen LogP contribution in [0.4, 0.5) is 0 Å². The fraction of sp³-hybridized carbons (Fsp3) is 0.351. The summed E-state index contributed by atoms with van der Waals surface area (Å²) in [7, 11) is -5.39. The molecular weight excluding hydrogens is 653 g/mol. The summed E-state index contributed by atoms with van der Waals surface area (Å²) in [6.07, 6.45) is -3.57. The molecule has 2 heterocycles. The molecule has 11 heteroatoms. The first kappa shape index (κ1) is 34.8. The highest BCUT2D eigenvalue weighted by Gasteiger charge is 2.49. The molecule has 4 aromatic rings. The van der Waals surface area contributed by atoms with Crippen LogP contribution in [0, 0.1) is 0 Å². The first-order valence-corrected chi connectivity index (χ1v) is 19.0. The van der Waals surface area contributed by atoms with E-state index < -0.39 is 39.8 Å². The summed E-state index contributed by atoms with van der Waals surface area (Å²) >= 11 is 0. The smallest absolute Gasteiger partial charge is 0.218 e. The van der Waals surface area contributed by atoms with Crippen molar-refractivity contribution in [3.8, 4) is 0 Å². The van der Waals surface area contributed by atoms with Crippen LogP contribution in [-0.2, 0) is 69.0 Å². The Morgan fingerprint density at radius 1 is 0.646 bits per heavy atom. The molecule has 0 aliphatic carbocycles. The van der Waals surface area contributed by atoms with E-state index in [1.807, 2.05) is 121 Å². The molecule has 2 aliphatic heterocycles. The molecule has 0 amide bonds. The van der Waals surface area contributed by atoms with Crippen molar-refractivity contribution in [2.45, 2.75) is 56.6 Å². The van der Waals surface area contributed by atoms with Gasteiger partial charge in [0, 0.05) is 5.56 Å². The van der Waals surface area contributed by atoms with Crippen LogP contribution in [0.2, 0.25) is 0 Å². The highest BCUT2D eigenvalue weighted by molar-refractivity contribution is 7.97. The van der Waals surface area contributed by atoms with E-state index in [2.05, 4.69) is 0 Å². The van der Waals surface area contributed by atoms with Crippen LogP contribution in [0.15, 0.2) is 121 Å². The molecule has 9 nitrogen and oxygen atoms in total. The molecule has 0 bridgehead atoms. The summed E-state index contributed by atoms with van der Waals surface area (Å²) < 4.78 is 72.2. The van der Waals surface area contributed by atoms with Gasteiger partial charge in [0.1, 0.15) is 47.8 Å². The summed E-state index contributed by atoms with van der Waals surface area (Å²) in [6.45, 7) is 1.08. The van der Waals surface area contributed by atoms with Crippen molar-refractivity contribution in [1.82, 2.24) is 0 Å². The van der Waals surface area contributed by atoms with Gasteiger partial charge in [-0.2, -0.15) is 0 Å². The second-order valence-corrected chi connectivity index (χ2v) is 15.1. The van der Waals surface area contributed by atoms with Crippen molar-refractivity contribution in [1.29, 1.82) is 0 Å². The van der Waals surface area contributed by atoms with Crippen LogP contribution in [0.3, 0.4) is 0 Å². The first-order chi connectivity index (χ1) is 23.4. The highest BCUT2D eigenvalue weighted by atomic mass is 32.3. The lowest BCUT2D eigenvalue weighted by atomic mass is 10.1. The summed E-state index contributed by atoms with van der Waals surface area (Å²) in [6, 6.07) is 39.4. The third-order valence-corrected chi connectivity index (χ3v) is 11.2. The van der Waals surface area contributed by atoms with Crippen molar-refractivity contribution in [2.75, 3.05) is 23.9 Å². The molecule has 0 spiro atoms. The molecule has 254 valence electrons. The quantitative estimate of drug-likeness (QED) is 0.0983. The molecule has 48 heavy (non-hydrogen) atoms. The van der Waals surface area contributed by atoms with E-state index in [1.54, 1.807) is 0 Å². The Hall–Kier alpha value is -3.10. The average Bonchev–Trinajstić information content (AvgIpc) is 3.11. The molecular formula is C37H40O9S2. The van der Waals surface area contributed by atoms with Crippen molar-refractivity contribution < 1.29 is 40.8 Å². The van der Waals surface area contributed by atoms with Gasteiger partial charge in [0.15, 0.2) is 6.29 Å². The molecule has 7 atom stereocenters. The standard InChI is InChI=1S/C37H40O9S2/c38-48(39,40)46-32-24-44-37(31-19-11-4-12-20-31)45-33(32)25-47-26-34(41-21-28-13-5-1-6-14-28)36(43-23-30-17-9-3-10-18-30)35(27-47)42-22-29-15-7-2-8-16-29/h1-20,32-37H,21-27H2/t32-,33+,34-,35+,36?,37?,47?/m1/s1. The summed E-state index contributed by atoms with van der Waals surface area (Å²) in [4.78, 5) is 0. The van der Waals surface area contributed by atoms with Crippen molar-refractivity contribution in [3.05, 3.63) is 144 Å². The van der Waals surface area contributed by atoms with E-state index in [1.165, 1.54) is 0 Å². The minimum Gasteiger partial charge on any atom is -0.726 e. The van der Waals surface area contributed by atoms with Crippen molar-refractivity contribution >= 4 is 21.3 Å². The van der Waals surface area contributed by atoms with Crippen LogP contribution in [0.1, 0.15) is 28.5 Å². The molecule has 3 unspecified atom stereocenters. The minimum absolute atomic E-state index is 0.104. The SMILES string of the molecule is O=S(=O)([O-])O[C@@H]1COC(c2ccccc2)O[C@H]1C[S+]1C[C@H](OCc2ccccc2)C(OCc2ccccc2)[C@H](OCc2ccccc2)C1. The summed E-state index contributed by atoms with van der Waals surface area (Å²) in [5.41, 5.74) is 3.92. The maximum Gasteiger partial charge on any atom is 0.218 e. The molecule has 0 saturated carbocycles. The second-order valence-electron chi connectivity index (χ2n) is 11.8. The molecule has 6 rings (SSSR count). The van der Waals surface area contributed by atoms with Gasteiger partial charge in [0.25, 0.3) is 0 Å². The molecule has 4 aromatic carbocycles. The zero-order valence-corrected chi connectivity index (χ0v) is 28.1. The molecule has 0 N–H and O–H groups in total. The van der Waals surface area contributed by atoms with Gasteiger partial charge in [-0.05, 0) is 27.6 Å². The van der Waals surface area contributed by atoms with E-state index in [-0.39, 0.29) is 24.9 Å². The lowest BCUT2D eigenvalue weighted by Crippen LogP contribution is -2.57. The Kier molecular flexibility index (Phi) is 12.3. The van der Waals surface area contributed by atoms with Gasteiger partial charge in [-0.1, -0.05) is 121 Å². The van der Waals surface area contributed by atoms with Gasteiger partial charge in [-0.3, -0.25) is 4.18 Å². The van der Waals surface area contributed by atoms with Crippen LogP contribution >= 0.6 is 0 Å². The van der Waals surface area contributed by atoms with Crippen LogP contribution in [0.25, 0.3) is 0 Å². The summed E-state index contributed by atoms with van der Waals surface area (Å²) in [5.74, 6) is 1.69. The molecule has 0 aromatic heterocycles. The van der Waals surface area contributed by atoms with Gasteiger partial charge >= 0.3 is 0 Å². The molecule has 0 radical (unpaired) electrons. The summed E-state index contributed by atoms with van der Waals surface area (Å²) in [5, 5.41) is 0. The van der Waals surface area contributed by atoms with Crippen molar-refractivity contribution in [3.63, 3.8) is 0 Å². The topological polar surface area (TPSA) is 113 Å². The normalized spacial score (nSPS) is 26.2. The van der Waals surface area contributed by atoms with Crippen LogP contribution < -0.4 is 0 Å². The number of ether oxygens (including phenoxy) is 5. The zero-order chi connectivity index (χ0) is 33.2. The zero-order valence-electron chi connectivity index (χ0n) is 26.5. The van der Waals surface area contributed by atoms with Gasteiger partial charge in [-0.25, -0.2) is 8.42 Å². The fourth-order valence-corrected chi connectivity index (χ4v) is 9.05. The maximum absolute atomic E-state index is 11.7. The van der Waals surface area contributed by atoms with E-state index in [0.29, 0.717) is 37.1 Å². The van der Waals surface area contributed by atoms with Crippen molar-refractivity contribution in [2.24, 2.45) is 0 Å². The lowest BCUT2D eigenvalue weighted by Gasteiger charge is -2.40. The van der Waals surface area contributed by atoms with Gasteiger partial charge in [0.05, 0.1) is 26.4 Å². The Bertz CT molecular complexity index is 1580. The van der Waals surface area contributed by atoms with Gasteiger partial charge in [0.2, 0.25) is 10.4 Å². The van der Waals surface area contributed by atoms with E-state index in [4.69, 9.17) is 27.9 Å². The average molecular weight is 693 g/mol.